The minimum absolute atomic E-state index is 0.284. The van der Waals surface area contributed by atoms with E-state index in [1.54, 1.807) is 32.3 Å². The zero-order valence-corrected chi connectivity index (χ0v) is 12.3. The molecule has 0 saturated heterocycles. The van der Waals surface area contributed by atoms with Crippen molar-refractivity contribution in [1.29, 1.82) is 0 Å². The Morgan fingerprint density at radius 1 is 1.41 bits per heavy atom. The van der Waals surface area contributed by atoms with Crippen molar-refractivity contribution in [3.05, 3.63) is 28.5 Å². The van der Waals surface area contributed by atoms with Gasteiger partial charge in [-0.05, 0) is 35.8 Å². The molecule has 0 saturated carbocycles. The first-order valence-corrected chi connectivity index (χ1v) is 7.68. The molecular formula is C10H16BrN2O3P. The molecule has 1 atom stereocenters. The van der Waals surface area contributed by atoms with Crippen LogP contribution in [0.5, 0.6) is 0 Å². The first-order chi connectivity index (χ1) is 8.03. The van der Waals surface area contributed by atoms with Gasteiger partial charge in [0, 0.05) is 22.4 Å². The van der Waals surface area contributed by atoms with E-state index < -0.39 is 13.4 Å². The smallest absolute Gasteiger partial charge is 0.314 e. The summed E-state index contributed by atoms with van der Waals surface area (Å²) in [5, 5.41) is 0. The van der Waals surface area contributed by atoms with Crippen molar-refractivity contribution in [3.8, 4) is 0 Å². The van der Waals surface area contributed by atoms with Crippen molar-refractivity contribution in [2.75, 3.05) is 13.2 Å². The molecule has 0 aliphatic rings. The topological polar surface area (TPSA) is 74.4 Å². The first-order valence-electron chi connectivity index (χ1n) is 5.28. The SMILES string of the molecule is CCOP(=O)(OCC)[C@@H](N)c1cncc(Br)c1. The van der Waals surface area contributed by atoms with E-state index in [4.69, 9.17) is 14.8 Å². The van der Waals surface area contributed by atoms with E-state index in [1.807, 2.05) is 0 Å². The maximum Gasteiger partial charge on any atom is 0.351 e. The molecule has 96 valence electrons. The van der Waals surface area contributed by atoms with E-state index in [1.165, 1.54) is 0 Å². The summed E-state index contributed by atoms with van der Waals surface area (Å²) >= 11 is 3.29. The number of hydrogen-bond acceptors (Lipinski definition) is 5. The van der Waals surface area contributed by atoms with Crippen LogP contribution in [-0.2, 0) is 13.6 Å². The van der Waals surface area contributed by atoms with Gasteiger partial charge in [-0.15, -0.1) is 0 Å². The lowest BCUT2D eigenvalue weighted by molar-refractivity contribution is 0.212. The number of pyridine rings is 1. The Balaban J connectivity index is 2.99. The van der Waals surface area contributed by atoms with Crippen LogP contribution in [0.15, 0.2) is 22.9 Å². The normalized spacial score (nSPS) is 13.6. The van der Waals surface area contributed by atoms with Gasteiger partial charge in [0.15, 0.2) is 0 Å². The maximum atomic E-state index is 12.4. The third-order valence-corrected chi connectivity index (χ3v) is 4.68. The van der Waals surface area contributed by atoms with Gasteiger partial charge in [0.05, 0.1) is 13.2 Å². The van der Waals surface area contributed by atoms with Crippen LogP contribution < -0.4 is 5.73 Å². The molecule has 17 heavy (non-hydrogen) atoms. The third-order valence-electron chi connectivity index (χ3n) is 2.03. The molecule has 1 aromatic rings. The van der Waals surface area contributed by atoms with E-state index in [2.05, 4.69) is 20.9 Å². The summed E-state index contributed by atoms with van der Waals surface area (Å²) in [6.07, 6.45) is 3.18. The molecule has 0 aliphatic heterocycles. The van der Waals surface area contributed by atoms with E-state index in [9.17, 15) is 4.57 Å². The zero-order chi connectivity index (χ0) is 12.9. The van der Waals surface area contributed by atoms with E-state index in [0.29, 0.717) is 5.56 Å². The Kier molecular flexibility index (Phi) is 5.76. The predicted octanol–water partition coefficient (Wildman–Crippen LogP) is 3.07. The van der Waals surface area contributed by atoms with Crippen molar-refractivity contribution in [2.24, 2.45) is 5.73 Å². The lowest BCUT2D eigenvalue weighted by Gasteiger charge is -2.23. The lowest BCUT2D eigenvalue weighted by atomic mass is 10.3. The molecular weight excluding hydrogens is 307 g/mol. The van der Waals surface area contributed by atoms with Gasteiger partial charge < -0.3 is 14.8 Å². The van der Waals surface area contributed by atoms with Crippen molar-refractivity contribution < 1.29 is 13.6 Å². The monoisotopic (exact) mass is 322 g/mol. The molecule has 5 nitrogen and oxygen atoms in total. The van der Waals surface area contributed by atoms with Crippen molar-refractivity contribution in [2.45, 2.75) is 19.6 Å². The molecule has 1 rings (SSSR count). The molecule has 0 amide bonds. The number of nitrogens with zero attached hydrogens (tertiary/aromatic N) is 1. The Morgan fingerprint density at radius 2 is 2.00 bits per heavy atom. The molecule has 0 bridgehead atoms. The van der Waals surface area contributed by atoms with Crippen LogP contribution in [0, 0.1) is 0 Å². The number of hydrogen-bond donors (Lipinski definition) is 1. The largest absolute Gasteiger partial charge is 0.351 e. The molecule has 2 N–H and O–H groups in total. The second kappa shape index (κ2) is 6.61. The van der Waals surface area contributed by atoms with Gasteiger partial charge in [-0.1, -0.05) is 0 Å². The summed E-state index contributed by atoms with van der Waals surface area (Å²) in [5.41, 5.74) is 6.56. The second-order valence-electron chi connectivity index (χ2n) is 3.26. The third kappa shape index (κ3) is 3.86. The summed E-state index contributed by atoms with van der Waals surface area (Å²) in [4.78, 5) is 3.98. The van der Waals surface area contributed by atoms with E-state index in [0.717, 1.165) is 4.47 Å². The minimum Gasteiger partial charge on any atom is -0.314 e. The Labute approximate surface area is 109 Å². The molecule has 0 radical (unpaired) electrons. The number of nitrogens with two attached hydrogens (primary N) is 1. The van der Waals surface area contributed by atoms with Crippen LogP contribution in [0.1, 0.15) is 25.2 Å². The minimum atomic E-state index is -3.34. The lowest BCUT2D eigenvalue weighted by Crippen LogP contribution is -2.15. The number of halogens is 1. The average Bonchev–Trinajstić information content (AvgIpc) is 2.28. The van der Waals surface area contributed by atoms with Crippen LogP contribution in [0.2, 0.25) is 0 Å². The van der Waals surface area contributed by atoms with Crippen molar-refractivity contribution in [1.82, 2.24) is 4.98 Å². The second-order valence-corrected chi connectivity index (χ2v) is 6.32. The quantitative estimate of drug-likeness (QED) is 0.815. The van der Waals surface area contributed by atoms with Crippen LogP contribution in [0.4, 0.5) is 0 Å². The van der Waals surface area contributed by atoms with Crippen LogP contribution in [0.3, 0.4) is 0 Å². The highest BCUT2D eigenvalue weighted by molar-refractivity contribution is 9.10. The molecule has 0 aromatic carbocycles. The molecule has 1 heterocycles. The maximum absolute atomic E-state index is 12.4. The fourth-order valence-corrected chi connectivity index (χ4v) is 3.33. The fraction of sp³-hybridized carbons (Fsp3) is 0.500. The van der Waals surface area contributed by atoms with Gasteiger partial charge in [-0.3, -0.25) is 9.55 Å². The summed E-state index contributed by atoms with van der Waals surface area (Å²) in [6, 6.07) is 1.75. The molecule has 1 aromatic heterocycles. The first kappa shape index (κ1) is 14.8. The highest BCUT2D eigenvalue weighted by Gasteiger charge is 2.34. The van der Waals surface area contributed by atoms with Gasteiger partial charge in [-0.25, -0.2) is 0 Å². The molecule has 0 aliphatic carbocycles. The van der Waals surface area contributed by atoms with Crippen LogP contribution >= 0.6 is 23.5 Å². The average molecular weight is 323 g/mol. The Bertz CT molecular complexity index is 406. The molecule has 0 unspecified atom stereocenters. The molecule has 0 fully saturated rings. The molecule has 7 heteroatoms. The Hall–Kier alpha value is -0.260. The molecule has 0 spiro atoms. The van der Waals surface area contributed by atoms with Crippen LogP contribution in [-0.4, -0.2) is 18.2 Å². The Morgan fingerprint density at radius 3 is 2.47 bits per heavy atom. The van der Waals surface area contributed by atoms with Gasteiger partial charge in [0.2, 0.25) is 0 Å². The van der Waals surface area contributed by atoms with Gasteiger partial charge in [-0.2, -0.15) is 0 Å². The fourth-order valence-electron chi connectivity index (χ4n) is 1.33. The van der Waals surface area contributed by atoms with Crippen molar-refractivity contribution >= 4 is 23.5 Å². The van der Waals surface area contributed by atoms with Gasteiger partial charge in [0.25, 0.3) is 0 Å². The summed E-state index contributed by atoms with van der Waals surface area (Å²) in [6.45, 7) is 4.06. The van der Waals surface area contributed by atoms with Crippen LogP contribution in [0.25, 0.3) is 0 Å². The predicted molar refractivity (Wildman–Crippen MR) is 69.7 cm³/mol. The van der Waals surface area contributed by atoms with Gasteiger partial charge >= 0.3 is 7.60 Å². The number of aromatic nitrogens is 1. The number of rotatable bonds is 6. The summed E-state index contributed by atoms with van der Waals surface area (Å²) in [7, 11) is -3.34. The highest BCUT2D eigenvalue weighted by Crippen LogP contribution is 2.58. The van der Waals surface area contributed by atoms with E-state index >= 15 is 0 Å². The van der Waals surface area contributed by atoms with Gasteiger partial charge in [0.1, 0.15) is 5.78 Å². The summed E-state index contributed by atoms with van der Waals surface area (Å²) < 4.78 is 23.6. The van der Waals surface area contributed by atoms with Crippen molar-refractivity contribution in [3.63, 3.8) is 0 Å². The summed E-state index contributed by atoms with van der Waals surface area (Å²) in [5.74, 6) is -0.826. The highest BCUT2D eigenvalue weighted by atomic mass is 79.9. The zero-order valence-electron chi connectivity index (χ0n) is 9.80. The standard InChI is InChI=1S/C10H16BrN2O3P/c1-3-15-17(14,16-4-2)10(12)8-5-9(11)7-13-6-8/h5-7,10H,3-4,12H2,1-2H3/t10-/m1/s1. The van der Waals surface area contributed by atoms with E-state index in [-0.39, 0.29) is 13.2 Å².